The molecule has 1 aromatic heterocycles. The third-order valence-corrected chi connectivity index (χ3v) is 7.34. The fourth-order valence-corrected chi connectivity index (χ4v) is 5.05. The molecular formula is C32H34N4O. The maximum absolute atomic E-state index is 13.2. The van der Waals surface area contributed by atoms with Crippen molar-refractivity contribution in [3.05, 3.63) is 112 Å². The second-order valence-electron chi connectivity index (χ2n) is 10.0. The number of benzene rings is 3. The van der Waals surface area contributed by atoms with Crippen LogP contribution in [-0.4, -0.2) is 47.0 Å². The van der Waals surface area contributed by atoms with Crippen molar-refractivity contribution < 1.29 is 4.79 Å². The summed E-state index contributed by atoms with van der Waals surface area (Å²) in [5, 5.41) is 0. The molecule has 1 aliphatic heterocycles. The molecule has 2 heterocycles. The molecule has 5 heteroatoms. The Kier molecular flexibility index (Phi) is 7.04. The molecule has 0 spiro atoms. The van der Waals surface area contributed by atoms with E-state index in [1.165, 1.54) is 16.7 Å². The number of aromatic nitrogens is 2. The molecule has 0 radical (unpaired) electrons. The SMILES string of the molecule is Cc1ccc(C)c(Cc2c(C)nc(-c3ccccc3)nc2N2CCN(C(=O)c3ccccc3C)CC2)c1. The third kappa shape index (κ3) is 5.26. The van der Waals surface area contributed by atoms with Gasteiger partial charge in [-0.15, -0.1) is 0 Å². The zero-order valence-corrected chi connectivity index (χ0v) is 22.2. The molecule has 5 nitrogen and oxygen atoms in total. The lowest BCUT2D eigenvalue weighted by molar-refractivity contribution is 0.0745. The van der Waals surface area contributed by atoms with Crippen molar-refractivity contribution in [3.8, 4) is 11.4 Å². The summed E-state index contributed by atoms with van der Waals surface area (Å²) in [6, 6.07) is 24.6. The van der Waals surface area contributed by atoms with Crippen molar-refractivity contribution in [2.24, 2.45) is 0 Å². The predicted molar refractivity (Wildman–Crippen MR) is 150 cm³/mol. The first-order valence-corrected chi connectivity index (χ1v) is 13.0. The first kappa shape index (κ1) is 24.7. The van der Waals surface area contributed by atoms with Crippen LogP contribution in [0.2, 0.25) is 0 Å². The largest absolute Gasteiger partial charge is 0.353 e. The molecule has 0 saturated carbocycles. The number of aryl methyl sites for hydroxylation is 4. The van der Waals surface area contributed by atoms with E-state index in [9.17, 15) is 4.79 Å². The van der Waals surface area contributed by atoms with Gasteiger partial charge in [0.2, 0.25) is 0 Å². The molecule has 37 heavy (non-hydrogen) atoms. The van der Waals surface area contributed by atoms with Gasteiger partial charge in [-0.2, -0.15) is 0 Å². The Morgan fingerprint density at radius 3 is 2.22 bits per heavy atom. The van der Waals surface area contributed by atoms with Crippen LogP contribution in [0.3, 0.4) is 0 Å². The topological polar surface area (TPSA) is 49.3 Å². The van der Waals surface area contributed by atoms with E-state index in [0.717, 1.165) is 59.1 Å². The minimum Gasteiger partial charge on any atom is -0.353 e. The highest BCUT2D eigenvalue weighted by atomic mass is 16.2. The second-order valence-corrected chi connectivity index (χ2v) is 10.0. The van der Waals surface area contributed by atoms with Crippen molar-refractivity contribution in [1.82, 2.24) is 14.9 Å². The Bertz CT molecular complexity index is 1420. The lowest BCUT2D eigenvalue weighted by Gasteiger charge is -2.37. The van der Waals surface area contributed by atoms with Crippen molar-refractivity contribution in [2.75, 3.05) is 31.1 Å². The number of hydrogen-bond donors (Lipinski definition) is 0. The maximum atomic E-state index is 13.2. The number of carbonyl (C=O) groups is 1. The van der Waals surface area contributed by atoms with Crippen LogP contribution in [0.1, 0.15) is 43.9 Å². The molecule has 1 fully saturated rings. The highest BCUT2D eigenvalue weighted by molar-refractivity contribution is 5.95. The van der Waals surface area contributed by atoms with E-state index in [0.29, 0.717) is 13.1 Å². The summed E-state index contributed by atoms with van der Waals surface area (Å²) >= 11 is 0. The first-order valence-electron chi connectivity index (χ1n) is 13.0. The smallest absolute Gasteiger partial charge is 0.254 e. The van der Waals surface area contributed by atoms with E-state index in [4.69, 9.17) is 9.97 Å². The number of rotatable bonds is 5. The van der Waals surface area contributed by atoms with Crippen LogP contribution in [0, 0.1) is 27.7 Å². The van der Waals surface area contributed by atoms with Gasteiger partial charge in [-0.05, 0) is 50.5 Å². The predicted octanol–water partition coefficient (Wildman–Crippen LogP) is 5.93. The number of piperazine rings is 1. The van der Waals surface area contributed by atoms with Gasteiger partial charge in [0.05, 0.1) is 0 Å². The van der Waals surface area contributed by atoms with E-state index in [1.807, 2.05) is 54.3 Å². The molecular weight excluding hydrogens is 456 g/mol. The summed E-state index contributed by atoms with van der Waals surface area (Å²) in [7, 11) is 0. The summed E-state index contributed by atoms with van der Waals surface area (Å²) in [6.07, 6.45) is 0.784. The van der Waals surface area contributed by atoms with Gasteiger partial charge in [0.1, 0.15) is 5.82 Å². The number of hydrogen-bond acceptors (Lipinski definition) is 4. The Hall–Kier alpha value is -3.99. The summed E-state index contributed by atoms with van der Waals surface area (Å²) in [5.41, 5.74) is 8.81. The summed E-state index contributed by atoms with van der Waals surface area (Å²) in [4.78, 5) is 27.6. The normalized spacial score (nSPS) is 13.6. The lowest BCUT2D eigenvalue weighted by Crippen LogP contribution is -2.49. The Morgan fingerprint density at radius 1 is 0.784 bits per heavy atom. The van der Waals surface area contributed by atoms with Gasteiger partial charge in [-0.3, -0.25) is 4.79 Å². The van der Waals surface area contributed by atoms with Crippen LogP contribution < -0.4 is 4.90 Å². The number of amides is 1. The Morgan fingerprint density at radius 2 is 1.49 bits per heavy atom. The van der Waals surface area contributed by atoms with Gasteiger partial charge in [0, 0.05) is 55.0 Å². The molecule has 0 N–H and O–H groups in total. The summed E-state index contributed by atoms with van der Waals surface area (Å²) in [5.74, 6) is 1.84. The van der Waals surface area contributed by atoms with Crippen LogP contribution in [-0.2, 0) is 6.42 Å². The molecule has 0 aliphatic carbocycles. The average Bonchev–Trinajstić information content (AvgIpc) is 2.92. The van der Waals surface area contributed by atoms with E-state index < -0.39 is 0 Å². The number of anilines is 1. The fraction of sp³-hybridized carbons (Fsp3) is 0.281. The highest BCUT2D eigenvalue weighted by Crippen LogP contribution is 2.29. The van der Waals surface area contributed by atoms with Gasteiger partial charge < -0.3 is 9.80 Å². The van der Waals surface area contributed by atoms with Gasteiger partial charge in [-0.1, -0.05) is 72.3 Å². The zero-order valence-electron chi connectivity index (χ0n) is 22.2. The Balaban J connectivity index is 1.47. The minimum atomic E-state index is 0.109. The number of nitrogens with zero attached hydrogens (tertiary/aromatic N) is 4. The van der Waals surface area contributed by atoms with Crippen LogP contribution >= 0.6 is 0 Å². The quantitative estimate of drug-likeness (QED) is 0.348. The van der Waals surface area contributed by atoms with Gasteiger partial charge in [0.15, 0.2) is 5.82 Å². The molecule has 1 saturated heterocycles. The van der Waals surface area contributed by atoms with E-state index >= 15 is 0 Å². The van der Waals surface area contributed by atoms with Crippen LogP contribution in [0.5, 0.6) is 0 Å². The molecule has 0 unspecified atom stereocenters. The maximum Gasteiger partial charge on any atom is 0.254 e. The van der Waals surface area contributed by atoms with Gasteiger partial charge in [-0.25, -0.2) is 9.97 Å². The zero-order chi connectivity index (χ0) is 25.9. The van der Waals surface area contributed by atoms with Gasteiger partial charge >= 0.3 is 0 Å². The van der Waals surface area contributed by atoms with E-state index in [2.05, 4.69) is 56.0 Å². The average molecular weight is 491 g/mol. The molecule has 0 bridgehead atoms. The molecule has 5 rings (SSSR count). The van der Waals surface area contributed by atoms with Crippen LogP contribution in [0.15, 0.2) is 72.8 Å². The van der Waals surface area contributed by atoms with E-state index in [-0.39, 0.29) is 5.91 Å². The molecule has 4 aromatic rings. The highest BCUT2D eigenvalue weighted by Gasteiger charge is 2.26. The van der Waals surface area contributed by atoms with Crippen LogP contribution in [0.25, 0.3) is 11.4 Å². The third-order valence-electron chi connectivity index (χ3n) is 7.34. The summed E-state index contributed by atoms with van der Waals surface area (Å²) in [6.45, 7) is 11.2. The van der Waals surface area contributed by atoms with E-state index in [1.54, 1.807) is 0 Å². The van der Waals surface area contributed by atoms with Crippen molar-refractivity contribution in [1.29, 1.82) is 0 Å². The number of carbonyl (C=O) groups excluding carboxylic acids is 1. The molecule has 188 valence electrons. The molecule has 0 atom stereocenters. The first-order chi connectivity index (χ1) is 17.9. The lowest BCUT2D eigenvalue weighted by atomic mass is 9.97. The van der Waals surface area contributed by atoms with Crippen molar-refractivity contribution in [2.45, 2.75) is 34.1 Å². The monoisotopic (exact) mass is 490 g/mol. The standard InChI is InChI=1S/C32H34N4O/c1-22-14-15-23(2)27(20-22)21-29-25(4)33-30(26-11-6-5-7-12-26)34-31(29)35-16-18-36(19-17-35)32(37)28-13-9-8-10-24(28)3/h5-15,20H,16-19,21H2,1-4H3. The molecule has 3 aromatic carbocycles. The Labute approximate surface area is 219 Å². The summed E-state index contributed by atoms with van der Waals surface area (Å²) < 4.78 is 0. The van der Waals surface area contributed by atoms with Crippen molar-refractivity contribution in [3.63, 3.8) is 0 Å². The second kappa shape index (κ2) is 10.6. The molecule has 1 amide bonds. The van der Waals surface area contributed by atoms with Crippen LogP contribution in [0.4, 0.5) is 5.82 Å². The minimum absolute atomic E-state index is 0.109. The van der Waals surface area contributed by atoms with Crippen molar-refractivity contribution >= 4 is 11.7 Å². The molecule has 1 aliphatic rings. The van der Waals surface area contributed by atoms with Gasteiger partial charge in [0.25, 0.3) is 5.91 Å². The fourth-order valence-electron chi connectivity index (χ4n) is 5.05.